The summed E-state index contributed by atoms with van der Waals surface area (Å²) in [6.45, 7) is 5.40. The Morgan fingerprint density at radius 1 is 1.52 bits per heavy atom. The molecular formula is C14H20N4O2S. The number of nitrogens with zero attached hydrogens (tertiary/aromatic N) is 2. The zero-order valence-electron chi connectivity index (χ0n) is 12.0. The van der Waals surface area contributed by atoms with Crippen molar-refractivity contribution < 1.29 is 8.42 Å². The van der Waals surface area contributed by atoms with Gasteiger partial charge in [0.2, 0.25) is 10.0 Å². The minimum Gasteiger partial charge on any atom is -0.399 e. The average Bonchev–Trinajstić information content (AvgIpc) is 2.93. The Morgan fingerprint density at radius 2 is 2.29 bits per heavy atom. The maximum atomic E-state index is 12.3. The van der Waals surface area contributed by atoms with Crippen molar-refractivity contribution in [2.75, 3.05) is 31.9 Å². The van der Waals surface area contributed by atoms with Crippen molar-refractivity contribution >= 4 is 15.7 Å². The molecule has 1 atom stereocenters. The number of nitrogens with two attached hydrogens (primary N) is 1. The summed E-state index contributed by atoms with van der Waals surface area (Å²) < 4.78 is 27.2. The van der Waals surface area contributed by atoms with Gasteiger partial charge in [-0.2, -0.15) is 5.26 Å². The molecule has 1 aromatic carbocycles. The maximum absolute atomic E-state index is 12.3. The Morgan fingerprint density at radius 3 is 2.90 bits per heavy atom. The van der Waals surface area contributed by atoms with Crippen LogP contribution in [0, 0.1) is 17.2 Å². The van der Waals surface area contributed by atoms with Crippen LogP contribution in [0.15, 0.2) is 23.1 Å². The summed E-state index contributed by atoms with van der Waals surface area (Å²) in [5.41, 5.74) is 6.03. The van der Waals surface area contributed by atoms with Gasteiger partial charge in [-0.05, 0) is 43.6 Å². The Bertz CT molecular complexity index is 651. The second-order valence-electron chi connectivity index (χ2n) is 5.27. The van der Waals surface area contributed by atoms with Gasteiger partial charge >= 0.3 is 0 Å². The number of nitrogens with one attached hydrogen (secondary N) is 1. The van der Waals surface area contributed by atoms with Crippen LogP contribution in [0.4, 0.5) is 5.69 Å². The molecule has 1 unspecified atom stereocenters. The fourth-order valence-electron chi connectivity index (χ4n) is 2.54. The lowest BCUT2D eigenvalue weighted by atomic mass is 10.1. The van der Waals surface area contributed by atoms with Gasteiger partial charge in [0.1, 0.15) is 6.07 Å². The first kappa shape index (κ1) is 15.8. The van der Waals surface area contributed by atoms with E-state index in [2.05, 4.69) is 16.5 Å². The number of sulfonamides is 1. The number of hydrogen-bond donors (Lipinski definition) is 2. The molecule has 1 aliphatic heterocycles. The third-order valence-corrected chi connectivity index (χ3v) is 5.27. The lowest BCUT2D eigenvalue weighted by Gasteiger charge is -2.14. The minimum absolute atomic E-state index is 0.00968. The highest BCUT2D eigenvalue weighted by molar-refractivity contribution is 7.89. The summed E-state index contributed by atoms with van der Waals surface area (Å²) in [5, 5.41) is 9.05. The molecule has 1 saturated heterocycles. The van der Waals surface area contributed by atoms with Crippen molar-refractivity contribution in [2.45, 2.75) is 18.2 Å². The zero-order valence-corrected chi connectivity index (χ0v) is 12.9. The molecule has 0 aromatic heterocycles. The first-order valence-electron chi connectivity index (χ1n) is 6.98. The average molecular weight is 308 g/mol. The molecule has 114 valence electrons. The summed E-state index contributed by atoms with van der Waals surface area (Å²) in [7, 11) is -3.68. The number of hydrogen-bond acceptors (Lipinski definition) is 5. The van der Waals surface area contributed by atoms with Gasteiger partial charge in [0, 0.05) is 18.8 Å². The molecule has 0 radical (unpaired) electrons. The van der Waals surface area contributed by atoms with Crippen molar-refractivity contribution in [1.82, 2.24) is 9.62 Å². The van der Waals surface area contributed by atoms with E-state index in [1.807, 2.05) is 6.07 Å². The molecule has 1 aromatic rings. The Hall–Kier alpha value is -1.62. The number of benzene rings is 1. The largest absolute Gasteiger partial charge is 0.399 e. The van der Waals surface area contributed by atoms with Crippen LogP contribution in [-0.4, -0.2) is 39.5 Å². The summed E-state index contributed by atoms with van der Waals surface area (Å²) >= 11 is 0. The third-order valence-electron chi connectivity index (χ3n) is 3.79. The number of nitrogen functional groups attached to an aromatic ring is 1. The van der Waals surface area contributed by atoms with Gasteiger partial charge in [0.15, 0.2) is 0 Å². The van der Waals surface area contributed by atoms with Gasteiger partial charge in [0.05, 0.1) is 10.5 Å². The Balaban J connectivity index is 2.08. The van der Waals surface area contributed by atoms with E-state index in [1.54, 1.807) is 0 Å². The molecule has 1 fully saturated rings. The molecule has 0 bridgehead atoms. The molecule has 1 aliphatic rings. The normalized spacial score (nSPS) is 19.5. The van der Waals surface area contributed by atoms with E-state index in [0.29, 0.717) is 18.2 Å². The summed E-state index contributed by atoms with van der Waals surface area (Å²) in [6.07, 6.45) is 0.989. The monoisotopic (exact) mass is 308 g/mol. The number of likely N-dealkylation sites (tertiary alicyclic amines) is 1. The van der Waals surface area contributed by atoms with E-state index >= 15 is 0 Å². The molecule has 6 nitrogen and oxygen atoms in total. The number of nitriles is 1. The van der Waals surface area contributed by atoms with Crippen LogP contribution in [0.3, 0.4) is 0 Å². The van der Waals surface area contributed by atoms with Crippen molar-refractivity contribution in [1.29, 1.82) is 5.26 Å². The SMILES string of the molecule is CCN1CCC(CNS(=O)(=O)c2ccc(N)cc2C#N)C1. The Kier molecular flexibility index (Phi) is 4.83. The molecule has 0 spiro atoms. The number of rotatable bonds is 5. The lowest BCUT2D eigenvalue weighted by molar-refractivity contribution is 0.342. The van der Waals surface area contributed by atoms with Crippen LogP contribution in [0.1, 0.15) is 18.9 Å². The van der Waals surface area contributed by atoms with Crippen LogP contribution in [0.25, 0.3) is 0 Å². The van der Waals surface area contributed by atoms with Crippen molar-refractivity contribution in [3.63, 3.8) is 0 Å². The van der Waals surface area contributed by atoms with Gasteiger partial charge < -0.3 is 10.6 Å². The first-order valence-corrected chi connectivity index (χ1v) is 8.46. The van der Waals surface area contributed by atoms with E-state index in [-0.39, 0.29) is 10.5 Å². The molecule has 0 saturated carbocycles. The van der Waals surface area contributed by atoms with Crippen LogP contribution in [0.5, 0.6) is 0 Å². The third kappa shape index (κ3) is 3.73. The highest BCUT2D eigenvalue weighted by Gasteiger charge is 2.24. The highest BCUT2D eigenvalue weighted by atomic mass is 32.2. The topological polar surface area (TPSA) is 99.2 Å². The Labute approximate surface area is 125 Å². The van der Waals surface area contributed by atoms with Crippen LogP contribution >= 0.6 is 0 Å². The van der Waals surface area contributed by atoms with Crippen LogP contribution in [-0.2, 0) is 10.0 Å². The van der Waals surface area contributed by atoms with Crippen molar-refractivity contribution in [3.05, 3.63) is 23.8 Å². The van der Waals surface area contributed by atoms with Crippen LogP contribution < -0.4 is 10.5 Å². The van der Waals surface area contributed by atoms with Gasteiger partial charge in [0.25, 0.3) is 0 Å². The predicted molar refractivity (Wildman–Crippen MR) is 81.0 cm³/mol. The van der Waals surface area contributed by atoms with Gasteiger partial charge in [-0.1, -0.05) is 6.92 Å². The molecule has 1 heterocycles. The van der Waals surface area contributed by atoms with E-state index in [0.717, 1.165) is 26.1 Å². The second-order valence-corrected chi connectivity index (χ2v) is 7.00. The van der Waals surface area contributed by atoms with E-state index < -0.39 is 10.0 Å². The van der Waals surface area contributed by atoms with Gasteiger partial charge in [-0.25, -0.2) is 13.1 Å². The molecule has 3 N–H and O–H groups in total. The van der Waals surface area contributed by atoms with E-state index in [1.165, 1.54) is 18.2 Å². The molecule has 0 aliphatic carbocycles. The van der Waals surface area contributed by atoms with Crippen LogP contribution in [0.2, 0.25) is 0 Å². The highest BCUT2D eigenvalue weighted by Crippen LogP contribution is 2.19. The molecule has 21 heavy (non-hydrogen) atoms. The lowest BCUT2D eigenvalue weighted by Crippen LogP contribution is -2.31. The first-order chi connectivity index (χ1) is 9.96. The predicted octanol–water partition coefficient (Wildman–Crippen LogP) is 0.761. The smallest absolute Gasteiger partial charge is 0.241 e. The van der Waals surface area contributed by atoms with Crippen molar-refractivity contribution in [2.24, 2.45) is 5.92 Å². The molecule has 2 rings (SSSR count). The van der Waals surface area contributed by atoms with Gasteiger partial charge in [-0.15, -0.1) is 0 Å². The fraction of sp³-hybridized carbons (Fsp3) is 0.500. The molecular weight excluding hydrogens is 288 g/mol. The maximum Gasteiger partial charge on any atom is 0.241 e. The zero-order chi connectivity index (χ0) is 15.5. The summed E-state index contributed by atoms with van der Waals surface area (Å²) in [4.78, 5) is 2.28. The molecule has 0 amide bonds. The molecule has 7 heteroatoms. The summed E-state index contributed by atoms with van der Waals surface area (Å²) in [5.74, 6) is 0.319. The van der Waals surface area contributed by atoms with Crippen molar-refractivity contribution in [3.8, 4) is 6.07 Å². The quantitative estimate of drug-likeness (QED) is 0.782. The summed E-state index contributed by atoms with van der Waals surface area (Å²) in [6, 6.07) is 6.13. The second kappa shape index (κ2) is 6.43. The standard InChI is InChI=1S/C14H20N4O2S/c1-2-18-6-5-11(10-18)9-17-21(19,20)14-4-3-13(16)7-12(14)8-15/h3-4,7,11,17H,2,5-6,9-10,16H2,1H3. The number of anilines is 1. The minimum atomic E-state index is -3.68. The van der Waals surface area contributed by atoms with E-state index in [9.17, 15) is 8.42 Å². The fourth-order valence-corrected chi connectivity index (χ4v) is 3.79. The van der Waals surface area contributed by atoms with E-state index in [4.69, 9.17) is 11.0 Å². The van der Waals surface area contributed by atoms with Gasteiger partial charge in [-0.3, -0.25) is 0 Å².